The van der Waals surface area contributed by atoms with Gasteiger partial charge in [0.2, 0.25) is 0 Å². The lowest BCUT2D eigenvalue weighted by atomic mass is 10.4. The van der Waals surface area contributed by atoms with Crippen molar-refractivity contribution in [2.45, 2.75) is 32.4 Å². The van der Waals surface area contributed by atoms with Gasteiger partial charge in [0.15, 0.2) is 0 Å². The first-order valence-corrected chi connectivity index (χ1v) is 10.6. The minimum atomic E-state index is -0.997. The Morgan fingerprint density at radius 1 is 1.39 bits per heavy atom. The van der Waals surface area contributed by atoms with E-state index in [0.717, 1.165) is 17.2 Å². The Morgan fingerprint density at radius 2 is 2.22 bits per heavy atom. The number of thiazole rings is 1. The lowest BCUT2D eigenvalue weighted by Gasteiger charge is -2.15. The van der Waals surface area contributed by atoms with Gasteiger partial charge in [0.05, 0.1) is 6.20 Å². The average Bonchev–Trinajstić information content (AvgIpc) is 2.93. The van der Waals surface area contributed by atoms with Gasteiger partial charge in [0, 0.05) is 38.0 Å². The lowest BCUT2D eigenvalue weighted by Crippen LogP contribution is -2.22. The zero-order valence-electron chi connectivity index (χ0n) is 11.1. The van der Waals surface area contributed by atoms with Crippen LogP contribution in [-0.4, -0.2) is 29.4 Å². The molecule has 0 aliphatic heterocycles. The third-order valence-electron chi connectivity index (χ3n) is 2.53. The molecule has 0 saturated heterocycles. The molecule has 2 heterocycles. The molecule has 0 atom stereocenters. The Labute approximate surface area is 113 Å². The van der Waals surface area contributed by atoms with Gasteiger partial charge in [-0.1, -0.05) is 19.6 Å². The van der Waals surface area contributed by atoms with E-state index < -0.39 is 8.07 Å². The van der Waals surface area contributed by atoms with Crippen LogP contribution in [-0.2, 0) is 11.5 Å². The smallest absolute Gasteiger partial charge is 0.139 e. The first-order chi connectivity index (χ1) is 8.54. The summed E-state index contributed by atoms with van der Waals surface area (Å²) in [6.07, 6.45) is 5.62. The molecule has 2 rings (SSSR count). The van der Waals surface area contributed by atoms with Crippen LogP contribution in [0, 0.1) is 0 Å². The molecule has 0 saturated carbocycles. The van der Waals surface area contributed by atoms with Gasteiger partial charge in [0.25, 0.3) is 0 Å². The summed E-state index contributed by atoms with van der Waals surface area (Å²) in [5.74, 6) is 0. The van der Waals surface area contributed by atoms with Gasteiger partial charge < -0.3 is 4.74 Å². The maximum atomic E-state index is 5.64. The molecule has 0 radical (unpaired) electrons. The van der Waals surface area contributed by atoms with Crippen LogP contribution in [0.1, 0.15) is 0 Å². The van der Waals surface area contributed by atoms with Crippen molar-refractivity contribution in [3.63, 3.8) is 0 Å². The summed E-state index contributed by atoms with van der Waals surface area (Å²) in [7, 11) is -0.997. The Bertz CT molecular complexity index is 476. The first-order valence-electron chi connectivity index (χ1n) is 6.05. The van der Waals surface area contributed by atoms with Crippen LogP contribution in [0.5, 0.6) is 0 Å². The number of nitrogens with zero attached hydrogens (tertiary/aromatic N) is 3. The molecule has 18 heavy (non-hydrogen) atoms. The lowest BCUT2D eigenvalue weighted by molar-refractivity contribution is 0.0786. The van der Waals surface area contributed by atoms with E-state index in [1.165, 1.54) is 6.04 Å². The zero-order valence-corrected chi connectivity index (χ0v) is 12.9. The van der Waals surface area contributed by atoms with Crippen LogP contribution >= 0.6 is 11.3 Å². The summed E-state index contributed by atoms with van der Waals surface area (Å²) >= 11 is 1.62. The van der Waals surface area contributed by atoms with Gasteiger partial charge in [-0.3, -0.25) is 0 Å². The molecular weight excluding hydrogens is 262 g/mol. The molecule has 0 unspecified atom stereocenters. The number of ether oxygens (including phenoxy) is 1. The molecule has 2 aromatic rings. The molecule has 0 aliphatic carbocycles. The highest BCUT2D eigenvalue weighted by Crippen LogP contribution is 2.20. The van der Waals surface area contributed by atoms with Gasteiger partial charge in [-0.15, -0.1) is 11.3 Å². The predicted octanol–water partition coefficient (Wildman–Crippen LogP) is 3.32. The van der Waals surface area contributed by atoms with Gasteiger partial charge in [-0.2, -0.15) is 5.10 Å². The molecule has 0 aromatic carbocycles. The summed E-state index contributed by atoms with van der Waals surface area (Å²) in [5, 5.41) is 7.25. The van der Waals surface area contributed by atoms with Crippen molar-refractivity contribution in [3.8, 4) is 10.6 Å². The molecule has 0 aliphatic rings. The van der Waals surface area contributed by atoms with Crippen molar-refractivity contribution in [3.05, 3.63) is 24.0 Å². The third kappa shape index (κ3) is 4.04. The Kier molecular flexibility index (Phi) is 4.31. The Morgan fingerprint density at radius 3 is 2.89 bits per heavy atom. The van der Waals surface area contributed by atoms with Crippen LogP contribution in [0.3, 0.4) is 0 Å². The van der Waals surface area contributed by atoms with Crippen molar-refractivity contribution in [1.82, 2.24) is 14.8 Å². The number of rotatable bonds is 6. The molecule has 2 aromatic heterocycles. The van der Waals surface area contributed by atoms with Crippen molar-refractivity contribution in [1.29, 1.82) is 0 Å². The van der Waals surface area contributed by atoms with Gasteiger partial charge >= 0.3 is 0 Å². The van der Waals surface area contributed by atoms with E-state index in [4.69, 9.17) is 4.74 Å². The van der Waals surface area contributed by atoms with Crippen LogP contribution in [0.4, 0.5) is 0 Å². The third-order valence-corrected chi connectivity index (χ3v) is 5.06. The molecule has 98 valence electrons. The molecule has 0 amide bonds. The summed E-state index contributed by atoms with van der Waals surface area (Å²) in [4.78, 5) is 4.26. The Balaban J connectivity index is 1.81. The van der Waals surface area contributed by atoms with Gasteiger partial charge in [-0.25, -0.2) is 9.67 Å². The second kappa shape index (κ2) is 5.77. The normalized spacial score (nSPS) is 11.9. The van der Waals surface area contributed by atoms with Crippen LogP contribution in [0.15, 0.2) is 24.0 Å². The second-order valence-electron chi connectivity index (χ2n) is 5.45. The van der Waals surface area contributed by atoms with Gasteiger partial charge in [-0.05, 0) is 6.04 Å². The van der Waals surface area contributed by atoms with Crippen molar-refractivity contribution in [2.75, 3.05) is 6.61 Å². The van der Waals surface area contributed by atoms with E-state index in [-0.39, 0.29) is 0 Å². The van der Waals surface area contributed by atoms with Crippen LogP contribution in [0.2, 0.25) is 25.7 Å². The SMILES string of the molecule is C[Si](C)(C)CCOCn1cc(-c2nccs2)cn1. The fraction of sp³-hybridized carbons (Fsp3) is 0.500. The molecule has 6 heteroatoms. The number of hydrogen-bond acceptors (Lipinski definition) is 4. The number of aromatic nitrogens is 3. The zero-order chi connectivity index (χ0) is 13.0. The minimum absolute atomic E-state index is 0.524. The minimum Gasteiger partial charge on any atom is -0.360 e. The molecule has 4 nitrogen and oxygen atoms in total. The maximum Gasteiger partial charge on any atom is 0.139 e. The molecule has 0 fully saturated rings. The van der Waals surface area contributed by atoms with Crippen LogP contribution < -0.4 is 0 Å². The number of hydrogen-bond donors (Lipinski definition) is 0. The average molecular weight is 281 g/mol. The summed E-state index contributed by atoms with van der Waals surface area (Å²) in [5.41, 5.74) is 1.05. The maximum absolute atomic E-state index is 5.64. The highest BCUT2D eigenvalue weighted by atomic mass is 32.1. The van der Waals surface area contributed by atoms with E-state index in [1.807, 2.05) is 28.7 Å². The molecular formula is C12H19N3OSSi. The van der Waals surface area contributed by atoms with Gasteiger partial charge in [0.1, 0.15) is 11.7 Å². The van der Waals surface area contributed by atoms with E-state index in [0.29, 0.717) is 6.73 Å². The van der Waals surface area contributed by atoms with E-state index in [1.54, 1.807) is 11.3 Å². The summed E-state index contributed by atoms with van der Waals surface area (Å²) in [6.45, 7) is 8.40. The standard InChI is InChI=1S/C12H19N3OSSi/c1-18(2,3)7-5-16-10-15-9-11(8-14-15)12-13-4-6-17-12/h4,6,8-9H,5,7,10H2,1-3H3. The second-order valence-corrected chi connectivity index (χ2v) is 12.0. The highest BCUT2D eigenvalue weighted by Gasteiger charge is 2.12. The largest absolute Gasteiger partial charge is 0.360 e. The summed E-state index contributed by atoms with van der Waals surface area (Å²) < 4.78 is 7.46. The van der Waals surface area contributed by atoms with E-state index in [2.05, 4.69) is 29.7 Å². The van der Waals surface area contributed by atoms with Crippen molar-refractivity contribution in [2.24, 2.45) is 0 Å². The summed E-state index contributed by atoms with van der Waals surface area (Å²) in [6, 6.07) is 1.19. The van der Waals surface area contributed by atoms with Crippen molar-refractivity contribution < 1.29 is 4.74 Å². The highest BCUT2D eigenvalue weighted by molar-refractivity contribution is 7.13. The first kappa shape index (κ1) is 13.4. The molecule has 0 spiro atoms. The van der Waals surface area contributed by atoms with Crippen molar-refractivity contribution >= 4 is 19.4 Å². The monoisotopic (exact) mass is 281 g/mol. The topological polar surface area (TPSA) is 39.9 Å². The quantitative estimate of drug-likeness (QED) is 0.602. The van der Waals surface area contributed by atoms with Crippen LogP contribution in [0.25, 0.3) is 10.6 Å². The molecule has 0 N–H and O–H groups in total. The van der Waals surface area contributed by atoms with E-state index in [9.17, 15) is 0 Å². The fourth-order valence-electron chi connectivity index (χ4n) is 1.45. The predicted molar refractivity (Wildman–Crippen MR) is 77.4 cm³/mol. The fourth-order valence-corrected chi connectivity index (χ4v) is 2.82. The molecule has 0 bridgehead atoms. The Hall–Kier alpha value is -0.983. The van der Waals surface area contributed by atoms with E-state index >= 15 is 0 Å².